The largest absolute Gasteiger partial charge is 0.497 e. The number of aromatic nitrogens is 3. The molecule has 0 aliphatic rings. The van der Waals surface area contributed by atoms with Crippen LogP contribution in [0.5, 0.6) is 5.75 Å². The molecule has 1 aromatic heterocycles. The Bertz CT molecular complexity index is 565. The van der Waals surface area contributed by atoms with Crippen molar-refractivity contribution in [3.63, 3.8) is 0 Å². The van der Waals surface area contributed by atoms with Gasteiger partial charge in [-0.25, -0.2) is 9.48 Å². The molecule has 0 saturated carbocycles. The summed E-state index contributed by atoms with van der Waals surface area (Å²) in [5, 5.41) is 16.3. The number of carboxylic acid groups (broad SMARTS) is 1. The van der Waals surface area contributed by atoms with Crippen molar-refractivity contribution in [3.05, 3.63) is 39.2 Å². The van der Waals surface area contributed by atoms with E-state index >= 15 is 0 Å². The molecule has 0 atom stereocenters. The number of benzene rings is 1. The summed E-state index contributed by atoms with van der Waals surface area (Å²) in [6.07, 6.45) is 0. The van der Waals surface area contributed by atoms with Gasteiger partial charge in [0.2, 0.25) is 5.69 Å². The van der Waals surface area contributed by atoms with Crippen molar-refractivity contribution in [3.8, 4) is 5.75 Å². The molecule has 1 aromatic carbocycles. The van der Waals surface area contributed by atoms with E-state index in [9.17, 15) is 4.79 Å². The summed E-state index contributed by atoms with van der Waals surface area (Å²) in [6, 6.07) is 7.49. The first kappa shape index (κ1) is 12.8. The maximum atomic E-state index is 10.8. The van der Waals surface area contributed by atoms with E-state index in [4.69, 9.17) is 9.84 Å². The third-order valence-corrected chi connectivity index (χ3v) is 3.44. The molecule has 1 heterocycles. The van der Waals surface area contributed by atoms with Crippen LogP contribution in [0.1, 0.15) is 16.1 Å². The standard InChI is InChI=1S/C11H10IN3O3/c1-18-8-4-2-7(3-5-8)6-15-10(12)9(11(16)17)13-14-15/h2-5H,6H2,1H3,(H,16,17). The number of methoxy groups -OCH3 is 1. The van der Waals surface area contributed by atoms with E-state index in [-0.39, 0.29) is 5.69 Å². The molecule has 0 aliphatic carbocycles. The Labute approximate surface area is 117 Å². The van der Waals surface area contributed by atoms with Crippen molar-refractivity contribution in [1.29, 1.82) is 0 Å². The highest BCUT2D eigenvalue weighted by molar-refractivity contribution is 14.1. The third-order valence-electron chi connectivity index (χ3n) is 2.37. The first-order valence-electron chi connectivity index (χ1n) is 5.07. The molecule has 1 N–H and O–H groups in total. The Morgan fingerprint density at radius 1 is 1.44 bits per heavy atom. The van der Waals surface area contributed by atoms with Crippen LogP contribution in [0.15, 0.2) is 24.3 Å². The summed E-state index contributed by atoms with van der Waals surface area (Å²) in [7, 11) is 1.61. The van der Waals surface area contributed by atoms with Crippen molar-refractivity contribution < 1.29 is 14.6 Å². The lowest BCUT2D eigenvalue weighted by molar-refractivity contribution is 0.0689. The summed E-state index contributed by atoms with van der Waals surface area (Å²) >= 11 is 1.92. The molecule has 6 nitrogen and oxygen atoms in total. The second kappa shape index (κ2) is 5.34. The van der Waals surface area contributed by atoms with Crippen molar-refractivity contribution in [2.24, 2.45) is 0 Å². The molecule has 0 fully saturated rings. The summed E-state index contributed by atoms with van der Waals surface area (Å²) in [5.74, 6) is -0.293. The van der Waals surface area contributed by atoms with Gasteiger partial charge >= 0.3 is 5.97 Å². The van der Waals surface area contributed by atoms with Gasteiger partial charge in [-0.2, -0.15) is 0 Å². The van der Waals surface area contributed by atoms with Crippen LogP contribution in [-0.2, 0) is 6.54 Å². The minimum absolute atomic E-state index is 0.0240. The number of rotatable bonds is 4. The third kappa shape index (κ3) is 2.61. The van der Waals surface area contributed by atoms with E-state index in [0.29, 0.717) is 10.2 Å². The fraction of sp³-hybridized carbons (Fsp3) is 0.182. The molecule has 18 heavy (non-hydrogen) atoms. The molecule has 7 heteroatoms. The molecule has 0 amide bonds. The Kier molecular flexibility index (Phi) is 3.80. The predicted molar refractivity (Wildman–Crippen MR) is 71.8 cm³/mol. The quantitative estimate of drug-likeness (QED) is 0.840. The number of carboxylic acids is 1. The van der Waals surface area contributed by atoms with Crippen molar-refractivity contribution in [2.45, 2.75) is 6.54 Å². The zero-order valence-corrected chi connectivity index (χ0v) is 11.7. The zero-order valence-electron chi connectivity index (χ0n) is 9.50. The van der Waals surface area contributed by atoms with Crippen LogP contribution < -0.4 is 4.74 Å². The Balaban J connectivity index is 2.20. The average Bonchev–Trinajstić information content (AvgIpc) is 2.72. The molecular formula is C11H10IN3O3. The van der Waals surface area contributed by atoms with Crippen LogP contribution in [0.3, 0.4) is 0 Å². The molecule has 94 valence electrons. The minimum atomic E-state index is -1.07. The zero-order chi connectivity index (χ0) is 13.1. The van der Waals surface area contributed by atoms with Gasteiger partial charge in [0, 0.05) is 0 Å². The summed E-state index contributed by atoms with van der Waals surface area (Å²) in [6.45, 7) is 0.475. The smallest absolute Gasteiger partial charge is 0.359 e. The lowest BCUT2D eigenvalue weighted by Gasteiger charge is -2.04. The van der Waals surface area contributed by atoms with Crippen molar-refractivity contribution in [2.75, 3.05) is 7.11 Å². The molecule has 0 saturated heterocycles. The number of hydrogen-bond acceptors (Lipinski definition) is 4. The lowest BCUT2D eigenvalue weighted by Crippen LogP contribution is -2.06. The average molecular weight is 359 g/mol. The number of hydrogen-bond donors (Lipinski definition) is 1. The first-order valence-corrected chi connectivity index (χ1v) is 6.15. The van der Waals surface area contributed by atoms with Gasteiger partial charge in [-0.15, -0.1) is 5.10 Å². The van der Waals surface area contributed by atoms with Crippen LogP contribution in [0.25, 0.3) is 0 Å². The highest BCUT2D eigenvalue weighted by atomic mass is 127. The highest BCUT2D eigenvalue weighted by Gasteiger charge is 2.16. The van der Waals surface area contributed by atoms with Gasteiger partial charge in [-0.3, -0.25) is 0 Å². The van der Waals surface area contributed by atoms with Crippen LogP contribution in [-0.4, -0.2) is 33.2 Å². The number of carbonyl (C=O) groups is 1. The molecule has 0 radical (unpaired) electrons. The summed E-state index contributed by atoms with van der Waals surface area (Å²) < 4.78 is 7.12. The summed E-state index contributed by atoms with van der Waals surface area (Å²) in [5.41, 5.74) is 0.972. The van der Waals surface area contributed by atoms with Gasteiger partial charge in [0.05, 0.1) is 13.7 Å². The lowest BCUT2D eigenvalue weighted by atomic mass is 10.2. The van der Waals surface area contributed by atoms with Gasteiger partial charge < -0.3 is 9.84 Å². The molecule has 0 unspecified atom stereocenters. The molecule has 0 bridgehead atoms. The van der Waals surface area contributed by atoms with E-state index in [1.807, 2.05) is 46.9 Å². The SMILES string of the molecule is COc1ccc(Cn2nnc(C(=O)O)c2I)cc1. The number of ether oxygens (including phenoxy) is 1. The van der Waals surface area contributed by atoms with E-state index in [0.717, 1.165) is 11.3 Å². The Hall–Kier alpha value is -1.64. The first-order chi connectivity index (χ1) is 8.61. The van der Waals surface area contributed by atoms with Crippen molar-refractivity contribution in [1.82, 2.24) is 15.0 Å². The van der Waals surface area contributed by atoms with Crippen molar-refractivity contribution >= 4 is 28.6 Å². The Morgan fingerprint density at radius 2 is 2.11 bits per heavy atom. The van der Waals surface area contributed by atoms with Gasteiger partial charge in [0.25, 0.3) is 0 Å². The fourth-order valence-corrected chi connectivity index (χ4v) is 2.04. The molecule has 2 rings (SSSR count). The molecule has 2 aromatic rings. The fourth-order valence-electron chi connectivity index (χ4n) is 1.44. The predicted octanol–water partition coefficient (Wildman–Crippen LogP) is 1.64. The van der Waals surface area contributed by atoms with Crippen LogP contribution in [0, 0.1) is 3.70 Å². The van der Waals surface area contributed by atoms with E-state index in [1.165, 1.54) is 0 Å². The number of nitrogens with zero attached hydrogens (tertiary/aromatic N) is 3. The minimum Gasteiger partial charge on any atom is -0.497 e. The number of aromatic carboxylic acids is 1. The second-order valence-electron chi connectivity index (χ2n) is 3.54. The Morgan fingerprint density at radius 3 is 2.61 bits per heavy atom. The molecule has 0 spiro atoms. The maximum absolute atomic E-state index is 10.8. The van der Waals surface area contributed by atoms with Gasteiger partial charge in [-0.05, 0) is 40.3 Å². The van der Waals surface area contributed by atoms with Crippen LogP contribution >= 0.6 is 22.6 Å². The topological polar surface area (TPSA) is 77.2 Å². The molecule has 0 aliphatic heterocycles. The molecular weight excluding hydrogens is 349 g/mol. The van der Waals surface area contributed by atoms with Crippen LogP contribution in [0.4, 0.5) is 0 Å². The van der Waals surface area contributed by atoms with E-state index < -0.39 is 5.97 Å². The monoisotopic (exact) mass is 359 g/mol. The highest BCUT2D eigenvalue weighted by Crippen LogP contribution is 2.14. The maximum Gasteiger partial charge on any atom is 0.359 e. The van der Waals surface area contributed by atoms with Gasteiger partial charge in [0.1, 0.15) is 9.45 Å². The van der Waals surface area contributed by atoms with Crippen LogP contribution in [0.2, 0.25) is 0 Å². The van der Waals surface area contributed by atoms with Gasteiger partial charge in [-0.1, -0.05) is 17.3 Å². The van der Waals surface area contributed by atoms with E-state index in [2.05, 4.69) is 10.3 Å². The summed E-state index contributed by atoms with van der Waals surface area (Å²) in [4.78, 5) is 10.8. The number of halogens is 1. The van der Waals surface area contributed by atoms with E-state index in [1.54, 1.807) is 11.8 Å². The van der Waals surface area contributed by atoms with Gasteiger partial charge in [0.15, 0.2) is 0 Å². The normalized spacial score (nSPS) is 10.3. The second-order valence-corrected chi connectivity index (χ2v) is 4.56.